The predicted molar refractivity (Wildman–Crippen MR) is 77.0 cm³/mol. The molecule has 2 amide bonds. The van der Waals surface area contributed by atoms with Gasteiger partial charge in [0.1, 0.15) is 5.82 Å². The Labute approximate surface area is 124 Å². The van der Waals surface area contributed by atoms with Crippen molar-refractivity contribution in [3.8, 4) is 0 Å². The number of piperidine rings is 1. The van der Waals surface area contributed by atoms with Crippen LogP contribution in [0.1, 0.15) is 26.2 Å². The normalized spacial score (nSPS) is 20.9. The number of nitrogens with zero attached hydrogens (tertiary/aromatic N) is 3. The summed E-state index contributed by atoms with van der Waals surface area (Å²) in [7, 11) is 0. The summed E-state index contributed by atoms with van der Waals surface area (Å²) in [6.07, 6.45) is 4.41. The zero-order valence-electron chi connectivity index (χ0n) is 12.4. The Hall–Kier alpha value is -1.60. The van der Waals surface area contributed by atoms with Crippen molar-refractivity contribution in [2.75, 3.05) is 31.6 Å². The number of anilines is 1. The maximum atomic E-state index is 12.4. The lowest BCUT2D eigenvalue weighted by Gasteiger charge is -2.38. The highest BCUT2D eigenvalue weighted by Crippen LogP contribution is 2.30. The van der Waals surface area contributed by atoms with Gasteiger partial charge in [-0.05, 0) is 12.8 Å². The van der Waals surface area contributed by atoms with Gasteiger partial charge in [0.2, 0.25) is 0 Å². The lowest BCUT2D eigenvalue weighted by atomic mass is 10.1. The molecule has 0 saturated carbocycles. The fraction of sp³-hybridized carbons (Fsp3) is 0.714. The number of amides is 2. The molecule has 0 radical (unpaired) electrons. The number of hydrogen-bond donors (Lipinski definition) is 1. The second-order valence-corrected chi connectivity index (χ2v) is 5.50. The van der Waals surface area contributed by atoms with E-state index in [0.29, 0.717) is 19.8 Å². The van der Waals surface area contributed by atoms with Gasteiger partial charge in [-0.1, -0.05) is 6.92 Å². The van der Waals surface area contributed by atoms with Gasteiger partial charge < -0.3 is 14.4 Å². The fourth-order valence-electron chi connectivity index (χ4n) is 2.91. The highest BCUT2D eigenvalue weighted by molar-refractivity contribution is 5.88. The third-order valence-corrected chi connectivity index (χ3v) is 3.91. The Morgan fingerprint density at radius 1 is 1.48 bits per heavy atom. The number of carbonyl (C=O) groups excluding carboxylic acids is 1. The van der Waals surface area contributed by atoms with E-state index in [-0.39, 0.29) is 6.03 Å². The first-order chi connectivity index (χ1) is 10.2. The van der Waals surface area contributed by atoms with Gasteiger partial charge >= 0.3 is 6.03 Å². The number of rotatable bonds is 3. The smallest absolute Gasteiger partial charge is 0.323 e. The van der Waals surface area contributed by atoms with Crippen molar-refractivity contribution in [2.24, 2.45) is 0 Å². The molecule has 0 atom stereocenters. The molecular formula is C14H22N4O3. The van der Waals surface area contributed by atoms with Crippen LogP contribution in [0.15, 0.2) is 12.3 Å². The molecule has 7 nitrogen and oxygen atoms in total. The molecule has 1 spiro atoms. The molecule has 2 fully saturated rings. The van der Waals surface area contributed by atoms with Gasteiger partial charge in [-0.25, -0.2) is 9.48 Å². The summed E-state index contributed by atoms with van der Waals surface area (Å²) < 4.78 is 13.2. The van der Waals surface area contributed by atoms with Crippen molar-refractivity contribution < 1.29 is 14.3 Å². The van der Waals surface area contributed by atoms with E-state index in [1.54, 1.807) is 15.8 Å². The van der Waals surface area contributed by atoms with Crippen LogP contribution in [0.5, 0.6) is 0 Å². The van der Waals surface area contributed by atoms with Gasteiger partial charge in [-0.2, -0.15) is 5.10 Å². The zero-order valence-corrected chi connectivity index (χ0v) is 12.4. The van der Waals surface area contributed by atoms with Crippen LogP contribution in [0.2, 0.25) is 0 Å². The Bertz CT molecular complexity index is 496. The van der Waals surface area contributed by atoms with Gasteiger partial charge in [0, 0.05) is 25.6 Å². The van der Waals surface area contributed by atoms with E-state index >= 15 is 0 Å². The molecule has 0 aliphatic carbocycles. The molecule has 2 saturated heterocycles. The molecule has 3 heterocycles. The molecular weight excluding hydrogens is 272 g/mol. The monoisotopic (exact) mass is 294 g/mol. The Morgan fingerprint density at radius 2 is 2.29 bits per heavy atom. The minimum atomic E-state index is -0.584. The molecule has 0 bridgehead atoms. The average Bonchev–Trinajstić information content (AvgIpc) is 3.10. The molecule has 1 aromatic rings. The number of nitrogens with one attached hydrogen (secondary N) is 1. The lowest BCUT2D eigenvalue weighted by molar-refractivity contribution is -0.182. The van der Waals surface area contributed by atoms with Crippen molar-refractivity contribution in [3.05, 3.63) is 12.3 Å². The zero-order chi connectivity index (χ0) is 14.7. The maximum Gasteiger partial charge on any atom is 0.323 e. The van der Waals surface area contributed by atoms with Gasteiger partial charge in [0.15, 0.2) is 5.79 Å². The highest BCUT2D eigenvalue weighted by atomic mass is 16.7. The molecule has 2 aliphatic heterocycles. The Balaban J connectivity index is 1.63. The van der Waals surface area contributed by atoms with E-state index < -0.39 is 5.79 Å². The molecule has 1 aromatic heterocycles. The van der Waals surface area contributed by atoms with Crippen LogP contribution in [-0.4, -0.2) is 52.8 Å². The van der Waals surface area contributed by atoms with Crippen LogP contribution in [0.3, 0.4) is 0 Å². The number of ether oxygens (including phenoxy) is 2. The minimum absolute atomic E-state index is 0.119. The topological polar surface area (TPSA) is 68.6 Å². The quantitative estimate of drug-likeness (QED) is 0.920. The third kappa shape index (κ3) is 3.03. The standard InChI is InChI=1S/C14H22N4O3/c1-2-7-18-12(4-6-15-18)16-13(19)17-8-3-5-14(11-17)20-9-10-21-14/h4,6H,2-3,5,7-11H2,1H3,(H,16,19). The van der Waals surface area contributed by atoms with Gasteiger partial charge in [-0.15, -0.1) is 0 Å². The van der Waals surface area contributed by atoms with E-state index in [2.05, 4.69) is 17.3 Å². The second-order valence-electron chi connectivity index (χ2n) is 5.50. The first-order valence-corrected chi connectivity index (χ1v) is 7.58. The summed E-state index contributed by atoms with van der Waals surface area (Å²) in [4.78, 5) is 14.2. The summed E-state index contributed by atoms with van der Waals surface area (Å²) in [6.45, 7) is 5.30. The van der Waals surface area contributed by atoms with Crippen LogP contribution in [0.25, 0.3) is 0 Å². The van der Waals surface area contributed by atoms with Crippen molar-refractivity contribution >= 4 is 11.8 Å². The van der Waals surface area contributed by atoms with Gasteiger partial charge in [0.25, 0.3) is 0 Å². The van der Waals surface area contributed by atoms with E-state index in [1.165, 1.54) is 0 Å². The molecule has 7 heteroatoms. The minimum Gasteiger partial charge on any atom is -0.346 e. The molecule has 0 unspecified atom stereocenters. The van der Waals surface area contributed by atoms with E-state index in [9.17, 15) is 4.79 Å². The first-order valence-electron chi connectivity index (χ1n) is 7.58. The lowest BCUT2D eigenvalue weighted by Crippen LogP contribution is -2.52. The molecule has 116 valence electrons. The molecule has 3 rings (SSSR count). The van der Waals surface area contributed by atoms with Crippen molar-refractivity contribution in [1.82, 2.24) is 14.7 Å². The summed E-state index contributed by atoms with van der Waals surface area (Å²) in [5, 5.41) is 7.14. The number of hydrogen-bond acceptors (Lipinski definition) is 4. The second kappa shape index (κ2) is 6.03. The fourth-order valence-corrected chi connectivity index (χ4v) is 2.91. The average molecular weight is 294 g/mol. The van der Waals surface area contributed by atoms with Crippen LogP contribution < -0.4 is 5.32 Å². The molecule has 2 aliphatic rings. The van der Waals surface area contributed by atoms with E-state index in [4.69, 9.17) is 9.47 Å². The van der Waals surface area contributed by atoms with Gasteiger partial charge in [0.05, 0.1) is 26.0 Å². The SMILES string of the molecule is CCCn1nccc1NC(=O)N1CCCC2(C1)OCCO2. The number of urea groups is 1. The van der Waals surface area contributed by atoms with Crippen LogP contribution in [-0.2, 0) is 16.0 Å². The van der Waals surface area contributed by atoms with Crippen molar-refractivity contribution in [3.63, 3.8) is 0 Å². The summed E-state index contributed by atoms with van der Waals surface area (Å²) in [6, 6.07) is 1.70. The maximum absolute atomic E-state index is 12.4. The number of aromatic nitrogens is 2. The first kappa shape index (κ1) is 14.3. The summed E-state index contributed by atoms with van der Waals surface area (Å²) in [5.41, 5.74) is 0. The number of aryl methyl sites for hydroxylation is 1. The number of likely N-dealkylation sites (tertiary alicyclic amines) is 1. The Kier molecular flexibility index (Phi) is 4.12. The summed E-state index contributed by atoms with van der Waals surface area (Å²) >= 11 is 0. The highest BCUT2D eigenvalue weighted by Gasteiger charge is 2.42. The number of carbonyl (C=O) groups is 1. The molecule has 21 heavy (non-hydrogen) atoms. The van der Waals surface area contributed by atoms with Gasteiger partial charge in [-0.3, -0.25) is 5.32 Å². The van der Waals surface area contributed by atoms with Crippen molar-refractivity contribution in [1.29, 1.82) is 0 Å². The van der Waals surface area contributed by atoms with Crippen molar-refractivity contribution in [2.45, 2.75) is 38.5 Å². The third-order valence-electron chi connectivity index (χ3n) is 3.91. The predicted octanol–water partition coefficient (Wildman–Crippen LogP) is 1.66. The Morgan fingerprint density at radius 3 is 3.05 bits per heavy atom. The van der Waals surface area contributed by atoms with Crippen LogP contribution >= 0.6 is 0 Å². The molecule has 0 aromatic carbocycles. The summed E-state index contributed by atoms with van der Waals surface area (Å²) in [5.74, 6) is 0.147. The molecule has 1 N–H and O–H groups in total. The largest absolute Gasteiger partial charge is 0.346 e. The van der Waals surface area contributed by atoms with E-state index in [0.717, 1.165) is 38.2 Å². The van der Waals surface area contributed by atoms with Crippen LogP contribution in [0, 0.1) is 0 Å². The van der Waals surface area contributed by atoms with Crippen LogP contribution in [0.4, 0.5) is 10.6 Å². The van der Waals surface area contributed by atoms with E-state index in [1.807, 2.05) is 6.07 Å².